The third-order valence-electron chi connectivity index (χ3n) is 3.17. The smallest absolute Gasteiger partial charge is 0.204 e. The molecule has 0 saturated heterocycles. The summed E-state index contributed by atoms with van der Waals surface area (Å²) in [7, 11) is 7.05. The lowest BCUT2D eigenvalue weighted by molar-refractivity contribution is 0.256. The Labute approximate surface area is 124 Å². The quantitative estimate of drug-likeness (QED) is 0.842. The topological polar surface area (TPSA) is 57.5 Å². The average molecular weight is 291 g/mol. The van der Waals surface area contributed by atoms with Gasteiger partial charge in [-0.05, 0) is 24.7 Å². The molecule has 0 radical (unpaired) electrons. The fourth-order valence-corrected chi connectivity index (χ4v) is 2.05. The van der Waals surface area contributed by atoms with E-state index < -0.39 is 0 Å². The Balaban J connectivity index is 2.26. The van der Waals surface area contributed by atoms with Gasteiger partial charge in [-0.15, -0.1) is 0 Å². The summed E-state index contributed by atoms with van der Waals surface area (Å²) in [5.41, 5.74) is 1.07. The van der Waals surface area contributed by atoms with Gasteiger partial charge in [-0.1, -0.05) is 0 Å². The van der Waals surface area contributed by atoms with Crippen LogP contribution >= 0.6 is 0 Å². The van der Waals surface area contributed by atoms with Crippen molar-refractivity contribution in [2.24, 2.45) is 7.05 Å². The lowest BCUT2D eigenvalue weighted by Gasteiger charge is -2.16. The summed E-state index contributed by atoms with van der Waals surface area (Å²) >= 11 is 0. The van der Waals surface area contributed by atoms with Crippen LogP contribution in [-0.4, -0.2) is 30.8 Å². The summed E-state index contributed by atoms with van der Waals surface area (Å²) in [6.07, 6.45) is 3.62. The third-order valence-corrected chi connectivity index (χ3v) is 3.17. The van der Waals surface area contributed by atoms with Crippen LogP contribution in [0.1, 0.15) is 11.4 Å². The molecule has 0 atom stereocenters. The number of ether oxygens (including phenoxy) is 3. The first-order chi connectivity index (χ1) is 10.2. The standard InChI is InChI=1S/C15H21N3O3/c1-16-9-11-7-12(19-3)15(13(8-11)20-4)21-10-14-17-5-6-18(14)2/h5-8,16H,9-10H2,1-4H3. The Morgan fingerprint density at radius 3 is 2.33 bits per heavy atom. The van der Waals surface area contributed by atoms with Gasteiger partial charge in [-0.3, -0.25) is 0 Å². The van der Waals surface area contributed by atoms with E-state index in [1.54, 1.807) is 20.4 Å². The van der Waals surface area contributed by atoms with Gasteiger partial charge in [0, 0.05) is 26.0 Å². The van der Waals surface area contributed by atoms with Gasteiger partial charge in [0.15, 0.2) is 11.5 Å². The van der Waals surface area contributed by atoms with Gasteiger partial charge in [0.25, 0.3) is 0 Å². The maximum atomic E-state index is 5.85. The van der Waals surface area contributed by atoms with Gasteiger partial charge in [0.1, 0.15) is 12.4 Å². The molecule has 0 aliphatic heterocycles. The van der Waals surface area contributed by atoms with Gasteiger partial charge in [-0.25, -0.2) is 4.98 Å². The van der Waals surface area contributed by atoms with Crippen LogP contribution in [0, 0.1) is 0 Å². The zero-order valence-corrected chi connectivity index (χ0v) is 12.8. The first kappa shape index (κ1) is 15.2. The number of aryl methyl sites for hydroxylation is 1. The van der Waals surface area contributed by atoms with Gasteiger partial charge in [0.2, 0.25) is 5.75 Å². The Morgan fingerprint density at radius 2 is 1.86 bits per heavy atom. The zero-order valence-electron chi connectivity index (χ0n) is 12.8. The number of methoxy groups -OCH3 is 2. The zero-order chi connectivity index (χ0) is 15.2. The van der Waals surface area contributed by atoms with Crippen molar-refractivity contribution < 1.29 is 14.2 Å². The molecule has 1 aromatic heterocycles. The van der Waals surface area contributed by atoms with E-state index >= 15 is 0 Å². The molecule has 0 amide bonds. The second-order valence-electron chi connectivity index (χ2n) is 4.60. The molecule has 0 aliphatic rings. The van der Waals surface area contributed by atoms with E-state index in [4.69, 9.17) is 14.2 Å². The van der Waals surface area contributed by atoms with Crippen LogP contribution in [0.2, 0.25) is 0 Å². The molecular formula is C15H21N3O3. The van der Waals surface area contributed by atoms with Gasteiger partial charge in [-0.2, -0.15) is 0 Å². The van der Waals surface area contributed by atoms with Crippen LogP contribution in [0.4, 0.5) is 0 Å². The SMILES string of the molecule is CNCc1cc(OC)c(OCc2nccn2C)c(OC)c1. The molecule has 0 bridgehead atoms. The molecule has 1 aromatic carbocycles. The summed E-state index contributed by atoms with van der Waals surface area (Å²) in [4.78, 5) is 4.24. The Bertz CT molecular complexity index is 571. The van der Waals surface area contributed by atoms with Crippen molar-refractivity contribution in [1.82, 2.24) is 14.9 Å². The number of hydrogen-bond acceptors (Lipinski definition) is 5. The summed E-state index contributed by atoms with van der Waals surface area (Å²) < 4.78 is 18.6. The normalized spacial score (nSPS) is 10.5. The highest BCUT2D eigenvalue weighted by Crippen LogP contribution is 2.39. The molecule has 0 saturated carbocycles. The molecule has 6 nitrogen and oxygen atoms in total. The molecule has 0 unspecified atom stereocenters. The maximum absolute atomic E-state index is 5.85. The van der Waals surface area contributed by atoms with Crippen LogP contribution in [0.3, 0.4) is 0 Å². The minimum Gasteiger partial charge on any atom is -0.493 e. The highest BCUT2D eigenvalue weighted by atomic mass is 16.5. The predicted octanol–water partition coefficient (Wildman–Crippen LogP) is 1.74. The number of aromatic nitrogens is 2. The van der Waals surface area contributed by atoms with E-state index in [0.29, 0.717) is 23.9 Å². The first-order valence-electron chi connectivity index (χ1n) is 6.68. The van der Waals surface area contributed by atoms with E-state index in [-0.39, 0.29) is 0 Å². The van der Waals surface area contributed by atoms with E-state index in [1.807, 2.05) is 37.0 Å². The van der Waals surface area contributed by atoms with Crippen molar-refractivity contribution in [3.63, 3.8) is 0 Å². The Morgan fingerprint density at radius 1 is 1.19 bits per heavy atom. The molecule has 6 heteroatoms. The van der Waals surface area contributed by atoms with Crippen molar-refractivity contribution in [2.75, 3.05) is 21.3 Å². The second-order valence-corrected chi connectivity index (χ2v) is 4.60. The fraction of sp³-hybridized carbons (Fsp3) is 0.400. The Hall–Kier alpha value is -2.21. The monoisotopic (exact) mass is 291 g/mol. The number of hydrogen-bond donors (Lipinski definition) is 1. The minimum atomic E-state index is 0.349. The number of nitrogens with one attached hydrogen (secondary N) is 1. The molecule has 1 heterocycles. The van der Waals surface area contributed by atoms with E-state index in [9.17, 15) is 0 Å². The van der Waals surface area contributed by atoms with Crippen molar-refractivity contribution in [3.05, 3.63) is 35.9 Å². The lowest BCUT2D eigenvalue weighted by atomic mass is 10.2. The third kappa shape index (κ3) is 3.46. The molecule has 2 rings (SSSR count). The first-order valence-corrected chi connectivity index (χ1v) is 6.68. The largest absolute Gasteiger partial charge is 0.493 e. The highest BCUT2D eigenvalue weighted by molar-refractivity contribution is 5.53. The van der Waals surface area contributed by atoms with Gasteiger partial charge < -0.3 is 24.1 Å². The van der Waals surface area contributed by atoms with E-state index in [0.717, 1.165) is 17.9 Å². The van der Waals surface area contributed by atoms with Crippen LogP contribution in [-0.2, 0) is 20.2 Å². The minimum absolute atomic E-state index is 0.349. The summed E-state index contributed by atoms with van der Waals surface area (Å²) in [6.45, 7) is 1.08. The van der Waals surface area contributed by atoms with E-state index in [1.165, 1.54) is 0 Å². The molecule has 2 aromatic rings. The molecule has 0 spiro atoms. The molecular weight excluding hydrogens is 270 g/mol. The number of nitrogens with zero attached hydrogens (tertiary/aromatic N) is 2. The summed E-state index contributed by atoms with van der Waals surface area (Å²) in [6, 6.07) is 3.87. The molecule has 0 fully saturated rings. The van der Waals surface area contributed by atoms with Crippen molar-refractivity contribution in [3.8, 4) is 17.2 Å². The van der Waals surface area contributed by atoms with Crippen LogP contribution in [0.15, 0.2) is 24.5 Å². The van der Waals surface area contributed by atoms with Gasteiger partial charge >= 0.3 is 0 Å². The predicted molar refractivity (Wildman–Crippen MR) is 79.8 cm³/mol. The van der Waals surface area contributed by atoms with E-state index in [2.05, 4.69) is 10.3 Å². The maximum Gasteiger partial charge on any atom is 0.204 e. The second kappa shape index (κ2) is 6.99. The number of imidazole rings is 1. The van der Waals surface area contributed by atoms with Crippen molar-refractivity contribution in [1.29, 1.82) is 0 Å². The Kier molecular flexibility index (Phi) is 5.05. The molecule has 114 valence electrons. The fourth-order valence-electron chi connectivity index (χ4n) is 2.05. The van der Waals surface area contributed by atoms with Crippen molar-refractivity contribution >= 4 is 0 Å². The highest BCUT2D eigenvalue weighted by Gasteiger charge is 2.15. The average Bonchev–Trinajstić information content (AvgIpc) is 2.90. The molecule has 0 aliphatic carbocycles. The molecule has 21 heavy (non-hydrogen) atoms. The lowest BCUT2D eigenvalue weighted by Crippen LogP contribution is -2.08. The number of rotatable bonds is 7. The van der Waals surface area contributed by atoms with Crippen LogP contribution in [0.5, 0.6) is 17.2 Å². The van der Waals surface area contributed by atoms with Crippen molar-refractivity contribution in [2.45, 2.75) is 13.2 Å². The summed E-state index contributed by atoms with van der Waals surface area (Å²) in [5, 5.41) is 3.10. The van der Waals surface area contributed by atoms with Gasteiger partial charge in [0.05, 0.1) is 14.2 Å². The molecule has 1 N–H and O–H groups in total. The van der Waals surface area contributed by atoms with Crippen LogP contribution in [0.25, 0.3) is 0 Å². The number of benzene rings is 1. The summed E-state index contributed by atoms with van der Waals surface area (Å²) in [5.74, 6) is 2.71. The van der Waals surface area contributed by atoms with Crippen LogP contribution < -0.4 is 19.5 Å².